The van der Waals surface area contributed by atoms with E-state index in [2.05, 4.69) is 37.9 Å². The van der Waals surface area contributed by atoms with Crippen molar-refractivity contribution < 1.29 is 0 Å². The molecule has 0 spiro atoms. The first-order valence-corrected chi connectivity index (χ1v) is 4.05. The predicted molar refractivity (Wildman–Crippen MR) is 49.3 cm³/mol. The monoisotopic (exact) mass is 269 g/mol. The molecular weight excluding hydrogens is 264 g/mol. The van der Waals surface area contributed by atoms with Gasteiger partial charge in [-0.05, 0) is 22.6 Å². The number of aromatic nitrogens is 2. The molecule has 0 saturated carbocycles. The lowest BCUT2D eigenvalue weighted by atomic mass is 10.6. The van der Waals surface area contributed by atoms with Crippen molar-refractivity contribution in [3.63, 3.8) is 0 Å². The normalized spacial score (nSPS) is 9.50. The quantitative estimate of drug-likeness (QED) is 0.624. The third kappa shape index (κ3) is 1.49. The van der Waals surface area contributed by atoms with E-state index in [-0.39, 0.29) is 0 Å². The van der Waals surface area contributed by atoms with E-state index in [1.54, 1.807) is 7.05 Å². The standard InChI is InChI=1S/C5H5ClIN3/c1-8-5-3(7)4(6)9-2-10-5/h2H,1H3,(H,8,9,10). The van der Waals surface area contributed by atoms with Crippen LogP contribution in [0.4, 0.5) is 5.82 Å². The molecule has 1 aromatic rings. The third-order valence-corrected chi connectivity index (χ3v) is 2.61. The van der Waals surface area contributed by atoms with Crippen molar-refractivity contribution in [2.75, 3.05) is 12.4 Å². The molecule has 10 heavy (non-hydrogen) atoms. The smallest absolute Gasteiger partial charge is 0.147 e. The van der Waals surface area contributed by atoms with E-state index in [4.69, 9.17) is 11.6 Å². The van der Waals surface area contributed by atoms with Crippen molar-refractivity contribution in [1.82, 2.24) is 9.97 Å². The van der Waals surface area contributed by atoms with E-state index >= 15 is 0 Å². The fraction of sp³-hybridized carbons (Fsp3) is 0.200. The van der Waals surface area contributed by atoms with Gasteiger partial charge in [-0.1, -0.05) is 11.6 Å². The summed E-state index contributed by atoms with van der Waals surface area (Å²) in [6, 6.07) is 0. The number of nitrogens with zero attached hydrogens (tertiary/aromatic N) is 2. The second-order valence-electron chi connectivity index (χ2n) is 1.58. The van der Waals surface area contributed by atoms with Crippen molar-refractivity contribution in [2.45, 2.75) is 0 Å². The van der Waals surface area contributed by atoms with Crippen LogP contribution < -0.4 is 5.32 Å². The molecule has 54 valence electrons. The molecule has 1 N–H and O–H groups in total. The lowest BCUT2D eigenvalue weighted by molar-refractivity contribution is 1.14. The molecule has 0 amide bonds. The van der Waals surface area contributed by atoms with Crippen LogP contribution in [0, 0.1) is 3.57 Å². The number of hydrogen-bond acceptors (Lipinski definition) is 3. The summed E-state index contributed by atoms with van der Waals surface area (Å²) in [7, 11) is 1.79. The first kappa shape index (κ1) is 8.00. The Labute approximate surface area is 77.4 Å². The van der Waals surface area contributed by atoms with Gasteiger partial charge in [0.1, 0.15) is 17.3 Å². The van der Waals surface area contributed by atoms with Gasteiger partial charge in [0.15, 0.2) is 0 Å². The molecule has 0 aliphatic rings. The van der Waals surface area contributed by atoms with Gasteiger partial charge in [-0.2, -0.15) is 0 Å². The summed E-state index contributed by atoms with van der Waals surface area (Å²) in [5.41, 5.74) is 0. The van der Waals surface area contributed by atoms with E-state index in [1.165, 1.54) is 6.33 Å². The van der Waals surface area contributed by atoms with E-state index in [0.717, 1.165) is 9.39 Å². The maximum atomic E-state index is 5.69. The van der Waals surface area contributed by atoms with Crippen LogP contribution in [0.2, 0.25) is 5.15 Å². The van der Waals surface area contributed by atoms with Crippen molar-refractivity contribution in [1.29, 1.82) is 0 Å². The summed E-state index contributed by atoms with van der Waals surface area (Å²) in [5, 5.41) is 3.38. The molecule has 0 bridgehead atoms. The summed E-state index contributed by atoms with van der Waals surface area (Å²) in [4.78, 5) is 7.74. The Bertz CT molecular complexity index is 240. The van der Waals surface area contributed by atoms with Crippen molar-refractivity contribution in [3.05, 3.63) is 15.1 Å². The van der Waals surface area contributed by atoms with Crippen molar-refractivity contribution in [3.8, 4) is 0 Å². The van der Waals surface area contributed by atoms with Gasteiger partial charge in [-0.3, -0.25) is 0 Å². The minimum Gasteiger partial charge on any atom is -0.372 e. The maximum Gasteiger partial charge on any atom is 0.147 e. The zero-order chi connectivity index (χ0) is 7.56. The first-order valence-electron chi connectivity index (χ1n) is 2.59. The Balaban J connectivity index is 3.14. The highest BCUT2D eigenvalue weighted by atomic mass is 127. The van der Waals surface area contributed by atoms with Gasteiger partial charge in [0.25, 0.3) is 0 Å². The van der Waals surface area contributed by atoms with Gasteiger partial charge in [0.05, 0.1) is 3.57 Å². The van der Waals surface area contributed by atoms with Crippen LogP contribution in [-0.2, 0) is 0 Å². The zero-order valence-electron chi connectivity index (χ0n) is 5.23. The van der Waals surface area contributed by atoms with Gasteiger partial charge in [-0.15, -0.1) is 0 Å². The zero-order valence-corrected chi connectivity index (χ0v) is 8.14. The summed E-state index contributed by atoms with van der Waals surface area (Å²) < 4.78 is 0.851. The predicted octanol–water partition coefficient (Wildman–Crippen LogP) is 1.78. The summed E-state index contributed by atoms with van der Waals surface area (Å²) in [6.45, 7) is 0. The molecule has 5 heteroatoms. The molecule has 0 radical (unpaired) electrons. The molecule has 3 nitrogen and oxygen atoms in total. The van der Waals surface area contributed by atoms with Crippen LogP contribution in [-0.4, -0.2) is 17.0 Å². The molecule has 0 aliphatic carbocycles. The van der Waals surface area contributed by atoms with Gasteiger partial charge in [-0.25, -0.2) is 9.97 Å². The van der Waals surface area contributed by atoms with E-state index in [0.29, 0.717) is 5.15 Å². The fourth-order valence-electron chi connectivity index (χ4n) is 0.523. The molecule has 1 rings (SSSR count). The number of nitrogens with one attached hydrogen (secondary N) is 1. The molecule has 0 unspecified atom stereocenters. The Kier molecular flexibility index (Phi) is 2.67. The molecule has 1 heterocycles. The highest BCUT2D eigenvalue weighted by molar-refractivity contribution is 14.1. The number of anilines is 1. The van der Waals surface area contributed by atoms with E-state index in [9.17, 15) is 0 Å². The average molecular weight is 269 g/mol. The van der Waals surface area contributed by atoms with Gasteiger partial charge in [0, 0.05) is 7.05 Å². The maximum absolute atomic E-state index is 5.69. The number of halogens is 2. The largest absolute Gasteiger partial charge is 0.372 e. The van der Waals surface area contributed by atoms with Gasteiger partial charge >= 0.3 is 0 Å². The molecule has 0 fully saturated rings. The van der Waals surface area contributed by atoms with E-state index < -0.39 is 0 Å². The molecule has 0 aliphatic heterocycles. The molecule has 0 aromatic carbocycles. The SMILES string of the molecule is CNc1ncnc(Cl)c1I. The summed E-state index contributed by atoms with van der Waals surface area (Å²) >= 11 is 7.78. The Morgan fingerprint density at radius 2 is 2.30 bits per heavy atom. The first-order chi connectivity index (χ1) is 4.75. The van der Waals surface area contributed by atoms with Crippen LogP contribution in [0.1, 0.15) is 0 Å². The van der Waals surface area contributed by atoms with Crippen LogP contribution in [0.15, 0.2) is 6.33 Å². The minimum absolute atomic E-state index is 0.486. The summed E-state index contributed by atoms with van der Waals surface area (Å²) in [5.74, 6) is 0.764. The Morgan fingerprint density at radius 1 is 1.60 bits per heavy atom. The van der Waals surface area contributed by atoms with Crippen LogP contribution in [0.3, 0.4) is 0 Å². The Morgan fingerprint density at radius 3 is 2.80 bits per heavy atom. The van der Waals surface area contributed by atoms with Crippen LogP contribution in [0.25, 0.3) is 0 Å². The molecular formula is C5H5ClIN3. The average Bonchev–Trinajstić information content (AvgIpc) is 1.95. The van der Waals surface area contributed by atoms with Crippen molar-refractivity contribution in [2.24, 2.45) is 0 Å². The minimum atomic E-state index is 0.486. The van der Waals surface area contributed by atoms with Gasteiger partial charge in [0.2, 0.25) is 0 Å². The molecule has 1 aromatic heterocycles. The second kappa shape index (κ2) is 3.34. The lowest BCUT2D eigenvalue weighted by Gasteiger charge is -2.00. The Hall–Kier alpha value is -0.100. The topological polar surface area (TPSA) is 37.8 Å². The fourth-order valence-corrected chi connectivity index (χ4v) is 1.20. The molecule has 0 saturated heterocycles. The highest BCUT2D eigenvalue weighted by Gasteiger charge is 2.02. The van der Waals surface area contributed by atoms with Crippen molar-refractivity contribution >= 4 is 40.0 Å². The number of rotatable bonds is 1. The lowest BCUT2D eigenvalue weighted by Crippen LogP contribution is -1.96. The highest BCUT2D eigenvalue weighted by Crippen LogP contribution is 2.20. The number of hydrogen-bond donors (Lipinski definition) is 1. The second-order valence-corrected chi connectivity index (χ2v) is 3.01. The molecule has 0 atom stereocenters. The summed E-state index contributed by atoms with van der Waals surface area (Å²) in [6.07, 6.45) is 1.43. The van der Waals surface area contributed by atoms with E-state index in [1.807, 2.05) is 0 Å². The van der Waals surface area contributed by atoms with Crippen LogP contribution >= 0.6 is 34.2 Å². The van der Waals surface area contributed by atoms with Crippen LogP contribution in [0.5, 0.6) is 0 Å². The third-order valence-electron chi connectivity index (χ3n) is 0.984. The van der Waals surface area contributed by atoms with Gasteiger partial charge < -0.3 is 5.32 Å².